The molecule has 88 valence electrons. The molecule has 0 saturated carbocycles. The summed E-state index contributed by atoms with van der Waals surface area (Å²) in [6, 6.07) is 3.35. The largest absolute Gasteiger partial charge is 0.486 e. The molecule has 0 aliphatic carbocycles. The predicted octanol–water partition coefficient (Wildman–Crippen LogP) is 2.49. The Bertz CT molecular complexity index is 493. The van der Waals surface area contributed by atoms with E-state index >= 15 is 0 Å². The van der Waals surface area contributed by atoms with Crippen LogP contribution < -0.4 is 4.74 Å². The van der Waals surface area contributed by atoms with Gasteiger partial charge >= 0.3 is 0 Å². The molecule has 0 radical (unpaired) electrons. The second-order valence-corrected chi connectivity index (χ2v) is 4.35. The summed E-state index contributed by atoms with van der Waals surface area (Å²) in [7, 11) is 0. The number of hydrogen-bond acceptors (Lipinski definition) is 5. The zero-order valence-corrected chi connectivity index (χ0v) is 10.2. The molecule has 2 aromatic heterocycles. The molecule has 17 heavy (non-hydrogen) atoms. The highest BCUT2D eigenvalue weighted by molar-refractivity contribution is 7.09. The molecule has 0 fully saturated rings. The lowest BCUT2D eigenvalue weighted by Gasteiger charge is -2.03. The molecule has 2 rings (SSSR count). The number of hydrogen-bond donors (Lipinski definition) is 0. The van der Waals surface area contributed by atoms with E-state index in [1.54, 1.807) is 23.5 Å². The van der Waals surface area contributed by atoms with Crippen molar-refractivity contribution in [2.45, 2.75) is 20.0 Å². The van der Waals surface area contributed by atoms with Crippen molar-refractivity contribution in [1.29, 1.82) is 0 Å². The van der Waals surface area contributed by atoms with Crippen molar-refractivity contribution >= 4 is 17.6 Å². The van der Waals surface area contributed by atoms with Crippen LogP contribution in [0.2, 0.25) is 0 Å². The number of carbonyl (C=O) groups is 1. The van der Waals surface area contributed by atoms with E-state index in [4.69, 9.17) is 4.74 Å². The van der Waals surface area contributed by atoms with Gasteiger partial charge < -0.3 is 4.74 Å². The fourth-order valence-electron chi connectivity index (χ4n) is 1.28. The third kappa shape index (κ3) is 3.10. The number of thiazole rings is 1. The third-order valence-electron chi connectivity index (χ3n) is 2.17. The molecule has 0 unspecified atom stereocenters. The number of aryl methyl sites for hydroxylation is 1. The summed E-state index contributed by atoms with van der Waals surface area (Å²) in [6.07, 6.45) is 3.19. The van der Waals surface area contributed by atoms with Crippen LogP contribution in [0.25, 0.3) is 0 Å². The van der Waals surface area contributed by atoms with Crippen LogP contribution in [-0.4, -0.2) is 16.3 Å². The van der Waals surface area contributed by atoms with Crippen molar-refractivity contribution in [1.82, 2.24) is 9.97 Å². The Balaban J connectivity index is 1.94. The van der Waals surface area contributed by atoms with Crippen molar-refractivity contribution in [2.75, 3.05) is 0 Å². The van der Waals surface area contributed by atoms with E-state index in [2.05, 4.69) is 16.9 Å². The minimum absolute atomic E-state index is 0.402. The van der Waals surface area contributed by atoms with E-state index in [0.29, 0.717) is 24.3 Å². The van der Waals surface area contributed by atoms with Crippen LogP contribution >= 0.6 is 11.3 Å². The minimum atomic E-state index is 0.402. The molecular formula is C12H12N2O2S. The molecule has 0 atom stereocenters. The standard InChI is InChI=1S/C12H12N2O2S/c1-2-12-14-10(8-17-12)7-16-11-4-3-9(6-15)13-5-11/h3-6,8H,2,7H2,1H3. The van der Waals surface area contributed by atoms with E-state index in [9.17, 15) is 4.79 Å². The highest BCUT2D eigenvalue weighted by atomic mass is 32.1. The van der Waals surface area contributed by atoms with Gasteiger partial charge in [-0.1, -0.05) is 6.92 Å². The summed E-state index contributed by atoms with van der Waals surface area (Å²) in [5, 5.41) is 3.10. The third-order valence-corrected chi connectivity index (χ3v) is 3.21. The number of aromatic nitrogens is 2. The molecule has 0 aliphatic heterocycles. The van der Waals surface area contributed by atoms with Crippen LogP contribution in [-0.2, 0) is 13.0 Å². The van der Waals surface area contributed by atoms with Crippen molar-refractivity contribution in [2.24, 2.45) is 0 Å². The van der Waals surface area contributed by atoms with Gasteiger partial charge in [0.2, 0.25) is 0 Å². The van der Waals surface area contributed by atoms with Crippen LogP contribution in [0.1, 0.15) is 28.1 Å². The van der Waals surface area contributed by atoms with E-state index in [1.807, 2.05) is 5.38 Å². The predicted molar refractivity (Wildman–Crippen MR) is 65.4 cm³/mol. The van der Waals surface area contributed by atoms with Gasteiger partial charge in [-0.05, 0) is 18.6 Å². The number of pyridine rings is 1. The topological polar surface area (TPSA) is 52.1 Å². The van der Waals surface area contributed by atoms with Crippen LogP contribution in [0, 0.1) is 0 Å². The van der Waals surface area contributed by atoms with Gasteiger partial charge in [-0.15, -0.1) is 11.3 Å². The van der Waals surface area contributed by atoms with Gasteiger partial charge in [0.25, 0.3) is 0 Å². The number of ether oxygens (including phenoxy) is 1. The molecule has 0 aromatic carbocycles. The smallest absolute Gasteiger partial charge is 0.168 e. The van der Waals surface area contributed by atoms with Crippen molar-refractivity contribution in [3.8, 4) is 5.75 Å². The zero-order valence-electron chi connectivity index (χ0n) is 9.42. The molecule has 2 heterocycles. The Morgan fingerprint density at radius 2 is 2.35 bits per heavy atom. The summed E-state index contributed by atoms with van der Waals surface area (Å²) in [4.78, 5) is 18.7. The quantitative estimate of drug-likeness (QED) is 0.763. The number of nitrogens with zero attached hydrogens (tertiary/aromatic N) is 2. The van der Waals surface area contributed by atoms with Gasteiger partial charge in [-0.25, -0.2) is 9.97 Å². The monoisotopic (exact) mass is 248 g/mol. The average molecular weight is 248 g/mol. The number of rotatable bonds is 5. The van der Waals surface area contributed by atoms with Crippen molar-refractivity contribution in [3.63, 3.8) is 0 Å². The summed E-state index contributed by atoms with van der Waals surface area (Å²) in [5.74, 6) is 0.640. The molecule has 0 aliphatic rings. The molecular weight excluding hydrogens is 236 g/mol. The fraction of sp³-hybridized carbons (Fsp3) is 0.250. The van der Waals surface area contributed by atoms with E-state index < -0.39 is 0 Å². The van der Waals surface area contributed by atoms with Crippen LogP contribution in [0.4, 0.5) is 0 Å². The summed E-state index contributed by atoms with van der Waals surface area (Å²) in [5.41, 5.74) is 1.32. The maximum atomic E-state index is 10.4. The first-order chi connectivity index (χ1) is 8.31. The van der Waals surface area contributed by atoms with Crippen LogP contribution in [0.15, 0.2) is 23.7 Å². The van der Waals surface area contributed by atoms with Gasteiger partial charge in [0.1, 0.15) is 18.1 Å². The Labute approximate surface area is 103 Å². The Morgan fingerprint density at radius 3 is 2.94 bits per heavy atom. The van der Waals surface area contributed by atoms with Crippen LogP contribution in [0.3, 0.4) is 0 Å². The SMILES string of the molecule is CCc1nc(COc2ccc(C=O)nc2)cs1. The molecule has 2 aromatic rings. The lowest BCUT2D eigenvalue weighted by Crippen LogP contribution is -1.97. The summed E-state index contributed by atoms with van der Waals surface area (Å²) < 4.78 is 5.52. The maximum Gasteiger partial charge on any atom is 0.168 e. The molecule has 0 bridgehead atoms. The second-order valence-electron chi connectivity index (χ2n) is 3.41. The lowest BCUT2D eigenvalue weighted by molar-refractivity contribution is 0.111. The normalized spacial score (nSPS) is 10.2. The Kier molecular flexibility index (Phi) is 3.82. The van der Waals surface area contributed by atoms with Crippen molar-refractivity contribution in [3.05, 3.63) is 40.1 Å². The van der Waals surface area contributed by atoms with Crippen molar-refractivity contribution < 1.29 is 9.53 Å². The zero-order chi connectivity index (χ0) is 12.1. The first-order valence-electron chi connectivity index (χ1n) is 5.29. The van der Waals surface area contributed by atoms with E-state index in [1.165, 1.54) is 6.20 Å². The molecule has 5 heteroatoms. The lowest BCUT2D eigenvalue weighted by atomic mass is 10.4. The van der Waals surface area contributed by atoms with E-state index in [0.717, 1.165) is 17.1 Å². The maximum absolute atomic E-state index is 10.4. The fourth-order valence-corrected chi connectivity index (χ4v) is 2.01. The summed E-state index contributed by atoms with van der Waals surface area (Å²) in [6.45, 7) is 2.50. The van der Waals surface area contributed by atoms with Gasteiger partial charge in [0.15, 0.2) is 6.29 Å². The highest BCUT2D eigenvalue weighted by Crippen LogP contribution is 2.14. The van der Waals surface area contributed by atoms with Crippen LogP contribution in [0.5, 0.6) is 5.75 Å². The minimum Gasteiger partial charge on any atom is -0.486 e. The average Bonchev–Trinajstić information content (AvgIpc) is 2.85. The van der Waals surface area contributed by atoms with Gasteiger partial charge in [-0.3, -0.25) is 4.79 Å². The van der Waals surface area contributed by atoms with Gasteiger partial charge in [-0.2, -0.15) is 0 Å². The Morgan fingerprint density at radius 1 is 1.47 bits per heavy atom. The summed E-state index contributed by atoms with van der Waals surface area (Å²) >= 11 is 1.64. The number of carbonyl (C=O) groups excluding carboxylic acids is 1. The first-order valence-corrected chi connectivity index (χ1v) is 6.17. The van der Waals surface area contributed by atoms with Gasteiger partial charge in [0, 0.05) is 5.38 Å². The second kappa shape index (κ2) is 5.54. The Hall–Kier alpha value is -1.75. The highest BCUT2D eigenvalue weighted by Gasteiger charge is 2.01. The molecule has 0 saturated heterocycles. The number of aldehydes is 1. The van der Waals surface area contributed by atoms with E-state index in [-0.39, 0.29) is 0 Å². The van der Waals surface area contributed by atoms with Gasteiger partial charge in [0.05, 0.1) is 16.9 Å². The molecule has 4 nitrogen and oxygen atoms in total. The molecule has 0 amide bonds. The molecule has 0 N–H and O–H groups in total. The first kappa shape index (κ1) is 11.7. The molecule has 0 spiro atoms.